The molecule has 1 spiro atoms. The van der Waals surface area contributed by atoms with Gasteiger partial charge >= 0.3 is 5.97 Å². The van der Waals surface area contributed by atoms with Crippen LogP contribution in [0.15, 0.2) is 0 Å². The van der Waals surface area contributed by atoms with Gasteiger partial charge in [0, 0.05) is 16.7 Å². The summed E-state index contributed by atoms with van der Waals surface area (Å²) >= 11 is 0. The molecule has 1 aliphatic carbocycles. The summed E-state index contributed by atoms with van der Waals surface area (Å²) in [4.78, 5) is 12.7. The average Bonchev–Trinajstić information content (AvgIpc) is 3.17. The lowest BCUT2D eigenvalue weighted by Crippen LogP contribution is -2.68. The number of aliphatic hydroxyl groups excluding tert-OH is 4. The van der Waals surface area contributed by atoms with Crippen LogP contribution in [0.4, 0.5) is 0 Å². The molecule has 176 valence electrons. The Hall–Kier alpha value is -0.850. The molecule has 4 heterocycles. The monoisotopic (exact) mass is 444 g/mol. The Labute approximate surface area is 180 Å². The highest BCUT2D eigenvalue weighted by Gasteiger charge is 2.89. The lowest BCUT2D eigenvalue weighted by molar-refractivity contribution is -0.349. The van der Waals surface area contributed by atoms with Crippen LogP contribution in [0.3, 0.4) is 0 Å². The van der Waals surface area contributed by atoms with Crippen LogP contribution in [0.2, 0.25) is 0 Å². The Morgan fingerprint density at radius 3 is 2.55 bits per heavy atom. The van der Waals surface area contributed by atoms with E-state index in [4.69, 9.17) is 18.9 Å². The van der Waals surface area contributed by atoms with E-state index in [9.17, 15) is 30.3 Å². The van der Waals surface area contributed by atoms with E-state index >= 15 is 0 Å². The number of carbonyl (C=O) groups is 1. The summed E-state index contributed by atoms with van der Waals surface area (Å²) in [5.74, 6) is -2.68. The second-order valence-corrected chi connectivity index (χ2v) is 10.4. The van der Waals surface area contributed by atoms with Gasteiger partial charge in [-0.2, -0.15) is 0 Å². The first-order chi connectivity index (χ1) is 14.5. The highest BCUT2D eigenvalue weighted by Crippen LogP contribution is 2.79. The molecular formula is C21H32O10. The predicted molar refractivity (Wildman–Crippen MR) is 101 cm³/mol. The van der Waals surface area contributed by atoms with E-state index in [1.807, 2.05) is 20.8 Å². The van der Waals surface area contributed by atoms with Crippen molar-refractivity contribution >= 4 is 5.97 Å². The molecule has 10 heteroatoms. The maximum Gasteiger partial charge on any atom is 0.306 e. The smallest absolute Gasteiger partial charge is 0.306 e. The summed E-state index contributed by atoms with van der Waals surface area (Å²) in [5.41, 5.74) is -2.41. The van der Waals surface area contributed by atoms with Crippen molar-refractivity contribution in [2.24, 2.45) is 22.7 Å². The van der Waals surface area contributed by atoms with Crippen LogP contribution in [-0.2, 0) is 23.7 Å². The minimum absolute atomic E-state index is 0.0130. The summed E-state index contributed by atoms with van der Waals surface area (Å²) in [6.45, 7) is 5.35. The largest absolute Gasteiger partial charge is 0.465 e. The molecule has 0 radical (unpaired) electrons. The van der Waals surface area contributed by atoms with E-state index in [1.165, 1.54) is 0 Å². The van der Waals surface area contributed by atoms with Crippen LogP contribution < -0.4 is 0 Å². The molecule has 31 heavy (non-hydrogen) atoms. The third kappa shape index (κ3) is 2.32. The summed E-state index contributed by atoms with van der Waals surface area (Å²) < 4.78 is 23.7. The SMILES string of the molecule is CC1C2(O)OC34CCC(C)C3(CC(=O)OCC14C)C2OC1OC(CO)C(O)C(O)C1O. The first kappa shape index (κ1) is 22.0. The predicted octanol–water partition coefficient (Wildman–Crippen LogP) is -1.35. The van der Waals surface area contributed by atoms with Gasteiger partial charge in [0.2, 0.25) is 0 Å². The van der Waals surface area contributed by atoms with E-state index in [0.29, 0.717) is 6.42 Å². The number of ether oxygens (including phenoxy) is 4. The third-order valence-electron chi connectivity index (χ3n) is 9.33. The van der Waals surface area contributed by atoms with Crippen molar-refractivity contribution in [3.63, 3.8) is 0 Å². The molecule has 10 nitrogen and oxygen atoms in total. The molecule has 12 atom stereocenters. The number of aliphatic hydroxyl groups is 5. The van der Waals surface area contributed by atoms with Crippen molar-refractivity contribution in [2.75, 3.05) is 13.2 Å². The first-order valence-electron chi connectivity index (χ1n) is 11.0. The molecule has 2 bridgehead atoms. The molecule has 5 N–H and O–H groups in total. The number of hydrogen-bond acceptors (Lipinski definition) is 10. The number of hydrogen-bond donors (Lipinski definition) is 5. The number of esters is 1. The zero-order chi connectivity index (χ0) is 22.6. The molecule has 4 saturated heterocycles. The second kappa shape index (κ2) is 6.60. The Kier molecular flexibility index (Phi) is 4.68. The summed E-state index contributed by atoms with van der Waals surface area (Å²) in [7, 11) is 0. The summed E-state index contributed by atoms with van der Waals surface area (Å²) in [5, 5.41) is 52.1. The first-order valence-corrected chi connectivity index (χ1v) is 11.0. The van der Waals surface area contributed by atoms with E-state index in [2.05, 4.69) is 0 Å². The fourth-order valence-corrected chi connectivity index (χ4v) is 7.39. The van der Waals surface area contributed by atoms with Gasteiger partial charge in [-0.25, -0.2) is 0 Å². The minimum atomic E-state index is -1.77. The third-order valence-corrected chi connectivity index (χ3v) is 9.33. The molecule has 0 aromatic rings. The Morgan fingerprint density at radius 2 is 1.87 bits per heavy atom. The highest BCUT2D eigenvalue weighted by atomic mass is 16.7. The van der Waals surface area contributed by atoms with Crippen molar-refractivity contribution in [1.29, 1.82) is 0 Å². The van der Waals surface area contributed by atoms with Gasteiger partial charge in [-0.05, 0) is 18.8 Å². The Balaban J connectivity index is 1.59. The fourth-order valence-electron chi connectivity index (χ4n) is 7.39. The molecule has 5 fully saturated rings. The molecule has 0 amide bonds. The van der Waals surface area contributed by atoms with Crippen LogP contribution in [0.25, 0.3) is 0 Å². The van der Waals surface area contributed by atoms with Crippen LogP contribution in [0.5, 0.6) is 0 Å². The molecule has 1 saturated carbocycles. The maximum absolute atomic E-state index is 12.7. The van der Waals surface area contributed by atoms with Gasteiger partial charge in [-0.1, -0.05) is 20.8 Å². The standard InChI is InChI=1S/C21H32O10/c1-9-4-5-20-18(3)8-28-12(23)6-19(9,20)17(21(27,31-20)10(18)2)30-16-15(26)14(25)13(24)11(7-22)29-16/h9-11,13-17,22,24-27H,4-8H2,1-3H3. The van der Waals surface area contributed by atoms with Gasteiger partial charge in [-0.3, -0.25) is 4.79 Å². The number of carbonyl (C=O) groups excluding carboxylic acids is 1. The minimum Gasteiger partial charge on any atom is -0.465 e. The Morgan fingerprint density at radius 1 is 1.16 bits per heavy atom. The summed E-state index contributed by atoms with van der Waals surface area (Å²) in [6.07, 6.45) is -7.01. The molecule has 12 unspecified atom stereocenters. The van der Waals surface area contributed by atoms with E-state index in [-0.39, 0.29) is 18.9 Å². The normalized spacial score (nSPS) is 60.6. The molecule has 0 aromatic heterocycles. The molecular weight excluding hydrogens is 412 g/mol. The number of cyclic esters (lactones) is 1. The number of rotatable bonds is 3. The quantitative estimate of drug-likeness (QED) is 0.330. The van der Waals surface area contributed by atoms with Gasteiger partial charge in [0.25, 0.3) is 0 Å². The van der Waals surface area contributed by atoms with Gasteiger partial charge in [0.15, 0.2) is 12.1 Å². The lowest BCUT2D eigenvalue weighted by Gasteiger charge is -2.55. The average molecular weight is 444 g/mol. The molecule has 5 aliphatic rings. The molecule has 0 aromatic carbocycles. The topological polar surface area (TPSA) is 155 Å². The van der Waals surface area contributed by atoms with Gasteiger partial charge in [0.1, 0.15) is 30.5 Å². The van der Waals surface area contributed by atoms with Crippen LogP contribution >= 0.6 is 0 Å². The van der Waals surface area contributed by atoms with Crippen molar-refractivity contribution in [1.82, 2.24) is 0 Å². The summed E-state index contributed by atoms with van der Waals surface area (Å²) in [6, 6.07) is 0. The van der Waals surface area contributed by atoms with Gasteiger partial charge in [0.05, 0.1) is 25.2 Å². The van der Waals surface area contributed by atoms with Crippen LogP contribution in [0.1, 0.15) is 40.0 Å². The van der Waals surface area contributed by atoms with Crippen molar-refractivity contribution < 1.29 is 49.3 Å². The molecule has 5 rings (SSSR count). The lowest BCUT2D eigenvalue weighted by atomic mass is 9.48. The number of fused-ring (bicyclic) bond motifs is 1. The highest BCUT2D eigenvalue weighted by molar-refractivity contribution is 5.72. The van der Waals surface area contributed by atoms with Crippen molar-refractivity contribution in [3.8, 4) is 0 Å². The maximum atomic E-state index is 12.7. The van der Waals surface area contributed by atoms with E-state index < -0.39 is 77.5 Å². The molecule has 4 aliphatic heterocycles. The van der Waals surface area contributed by atoms with Crippen molar-refractivity contribution in [2.45, 2.75) is 88.2 Å². The van der Waals surface area contributed by atoms with Crippen molar-refractivity contribution in [3.05, 3.63) is 0 Å². The van der Waals surface area contributed by atoms with Gasteiger partial charge < -0.3 is 44.5 Å². The zero-order valence-corrected chi connectivity index (χ0v) is 17.9. The Bertz CT molecular complexity index is 775. The second-order valence-electron chi connectivity index (χ2n) is 10.4. The fraction of sp³-hybridized carbons (Fsp3) is 0.952. The van der Waals surface area contributed by atoms with E-state index in [1.54, 1.807) is 0 Å². The van der Waals surface area contributed by atoms with Crippen LogP contribution in [-0.4, -0.2) is 92.9 Å². The van der Waals surface area contributed by atoms with E-state index in [0.717, 1.165) is 6.42 Å². The van der Waals surface area contributed by atoms with Crippen LogP contribution in [0, 0.1) is 22.7 Å². The van der Waals surface area contributed by atoms with Gasteiger partial charge in [-0.15, -0.1) is 0 Å². The zero-order valence-electron chi connectivity index (χ0n) is 17.9.